The third kappa shape index (κ3) is 7.11. The largest absolute Gasteiger partial charge is 0.445 e. The van der Waals surface area contributed by atoms with Crippen molar-refractivity contribution in [3.8, 4) is 0 Å². The smallest absolute Gasteiger partial charge is 0.408 e. The maximum absolute atomic E-state index is 13.2. The first-order valence-corrected chi connectivity index (χ1v) is 11.5. The van der Waals surface area contributed by atoms with Gasteiger partial charge in [0.1, 0.15) is 6.61 Å². The quantitative estimate of drug-likeness (QED) is 0.639. The van der Waals surface area contributed by atoms with Crippen LogP contribution in [0.1, 0.15) is 49.8 Å². The lowest BCUT2D eigenvalue weighted by molar-refractivity contribution is -0.140. The van der Waals surface area contributed by atoms with E-state index in [1.165, 1.54) is 0 Å². The standard InChI is InChI=1S/C27H31NO5/c1-18(2)25(28-27(32)33-17-20-8-4-3-5-9-20)24(30)16-22-15-21-12-6-10-19(14-21)11-7-13-23(29)26(22)31/h3-6,8-10,12,14,18,22,25H,7,11,13,15-17H2,1-2H3,(H,28,32). The van der Waals surface area contributed by atoms with E-state index in [1.54, 1.807) is 0 Å². The van der Waals surface area contributed by atoms with E-state index in [0.29, 0.717) is 12.8 Å². The van der Waals surface area contributed by atoms with Gasteiger partial charge in [-0.05, 0) is 41.9 Å². The van der Waals surface area contributed by atoms with E-state index in [0.717, 1.165) is 23.1 Å². The molecule has 2 unspecified atom stereocenters. The highest BCUT2D eigenvalue weighted by Gasteiger charge is 2.32. The van der Waals surface area contributed by atoms with Gasteiger partial charge in [0.15, 0.2) is 11.6 Å². The summed E-state index contributed by atoms with van der Waals surface area (Å²) in [7, 11) is 0. The molecule has 0 radical (unpaired) electrons. The first kappa shape index (κ1) is 24.4. The number of carbonyl (C=O) groups excluding carboxylic acids is 4. The Bertz CT molecular complexity index is 999. The van der Waals surface area contributed by atoms with Gasteiger partial charge in [0, 0.05) is 18.8 Å². The lowest BCUT2D eigenvalue weighted by Gasteiger charge is -2.24. The molecule has 2 bridgehead atoms. The molecule has 174 valence electrons. The van der Waals surface area contributed by atoms with E-state index in [2.05, 4.69) is 5.32 Å². The van der Waals surface area contributed by atoms with Crippen LogP contribution in [0.3, 0.4) is 0 Å². The molecule has 0 aromatic heterocycles. The molecule has 2 atom stereocenters. The van der Waals surface area contributed by atoms with Gasteiger partial charge in [-0.1, -0.05) is 68.4 Å². The number of rotatable bonds is 7. The molecule has 1 aliphatic rings. The average molecular weight is 450 g/mol. The van der Waals surface area contributed by atoms with Crippen LogP contribution in [0.15, 0.2) is 54.6 Å². The molecular weight excluding hydrogens is 418 g/mol. The number of ketones is 3. The van der Waals surface area contributed by atoms with Gasteiger partial charge < -0.3 is 10.1 Å². The minimum Gasteiger partial charge on any atom is -0.445 e. The Morgan fingerprint density at radius 3 is 2.45 bits per heavy atom. The summed E-state index contributed by atoms with van der Waals surface area (Å²) in [5, 5.41) is 2.65. The summed E-state index contributed by atoms with van der Waals surface area (Å²) in [5.41, 5.74) is 2.90. The number of ether oxygens (including phenoxy) is 1. The van der Waals surface area contributed by atoms with E-state index in [4.69, 9.17) is 4.74 Å². The Hall–Kier alpha value is -3.28. The van der Waals surface area contributed by atoms with Crippen LogP contribution in [0.25, 0.3) is 0 Å². The fraction of sp³-hybridized carbons (Fsp3) is 0.407. The van der Waals surface area contributed by atoms with Crippen molar-refractivity contribution in [1.82, 2.24) is 5.32 Å². The molecule has 0 spiro atoms. The molecule has 3 rings (SSSR count). The topological polar surface area (TPSA) is 89.5 Å². The number of amides is 1. The molecule has 1 amide bonds. The highest BCUT2D eigenvalue weighted by molar-refractivity contribution is 6.38. The number of aryl methyl sites for hydroxylation is 1. The second-order valence-electron chi connectivity index (χ2n) is 8.96. The molecule has 1 aliphatic carbocycles. The molecule has 0 saturated heterocycles. The summed E-state index contributed by atoms with van der Waals surface area (Å²) in [5.74, 6) is -2.13. The molecule has 2 aromatic rings. The summed E-state index contributed by atoms with van der Waals surface area (Å²) in [4.78, 5) is 50.8. The molecule has 0 fully saturated rings. The molecule has 0 saturated carbocycles. The van der Waals surface area contributed by atoms with Crippen molar-refractivity contribution >= 4 is 23.4 Å². The number of benzene rings is 2. The van der Waals surface area contributed by atoms with Crippen molar-refractivity contribution in [1.29, 1.82) is 0 Å². The average Bonchev–Trinajstić information content (AvgIpc) is 2.80. The number of hydrogen-bond donors (Lipinski definition) is 1. The Morgan fingerprint density at radius 1 is 1.00 bits per heavy atom. The van der Waals surface area contributed by atoms with Gasteiger partial charge in [-0.15, -0.1) is 0 Å². The van der Waals surface area contributed by atoms with Gasteiger partial charge in [0.05, 0.1) is 6.04 Å². The zero-order valence-corrected chi connectivity index (χ0v) is 19.2. The minimum absolute atomic E-state index is 0.0949. The predicted molar refractivity (Wildman–Crippen MR) is 125 cm³/mol. The molecular formula is C27H31NO5. The van der Waals surface area contributed by atoms with Gasteiger partial charge in [-0.2, -0.15) is 0 Å². The van der Waals surface area contributed by atoms with Crippen LogP contribution >= 0.6 is 0 Å². The molecule has 2 aromatic carbocycles. The lowest BCUT2D eigenvalue weighted by Crippen LogP contribution is -2.46. The Balaban J connectivity index is 1.68. The maximum atomic E-state index is 13.2. The maximum Gasteiger partial charge on any atom is 0.408 e. The minimum atomic E-state index is -0.807. The van der Waals surface area contributed by atoms with Crippen molar-refractivity contribution in [2.75, 3.05) is 0 Å². The van der Waals surface area contributed by atoms with Crippen molar-refractivity contribution in [2.24, 2.45) is 11.8 Å². The number of Topliss-reactive ketones (excluding diaryl/α,β-unsaturated/α-hetero) is 3. The monoisotopic (exact) mass is 449 g/mol. The van der Waals surface area contributed by atoms with E-state index in [1.807, 2.05) is 68.4 Å². The fourth-order valence-electron chi connectivity index (χ4n) is 4.14. The number of nitrogens with one attached hydrogen (secondary N) is 1. The SMILES string of the molecule is CC(C)C(NC(=O)OCc1ccccc1)C(=O)CC1Cc2cccc(c2)CCCC(=O)C1=O. The third-order valence-electron chi connectivity index (χ3n) is 5.94. The van der Waals surface area contributed by atoms with E-state index < -0.39 is 29.6 Å². The van der Waals surface area contributed by atoms with Crippen molar-refractivity contribution in [2.45, 2.75) is 58.6 Å². The summed E-state index contributed by atoms with van der Waals surface area (Å²) in [6, 6.07) is 16.4. The second kappa shape index (κ2) is 11.5. The first-order valence-electron chi connectivity index (χ1n) is 11.5. The highest BCUT2D eigenvalue weighted by atomic mass is 16.5. The first-order chi connectivity index (χ1) is 15.8. The normalized spacial score (nSPS) is 17.4. The third-order valence-corrected chi connectivity index (χ3v) is 5.94. The summed E-state index contributed by atoms with van der Waals surface area (Å²) in [6.07, 6.45) is 1.08. The van der Waals surface area contributed by atoms with Crippen LogP contribution in [0.4, 0.5) is 4.79 Å². The van der Waals surface area contributed by atoms with Crippen LogP contribution in [0.2, 0.25) is 0 Å². The van der Waals surface area contributed by atoms with Gasteiger partial charge in [-0.25, -0.2) is 4.79 Å². The van der Waals surface area contributed by atoms with Crippen LogP contribution in [-0.4, -0.2) is 29.5 Å². The predicted octanol–water partition coefficient (Wildman–Crippen LogP) is 4.23. The van der Waals surface area contributed by atoms with Crippen molar-refractivity contribution < 1.29 is 23.9 Å². The molecule has 33 heavy (non-hydrogen) atoms. The fourth-order valence-corrected chi connectivity index (χ4v) is 4.14. The van der Waals surface area contributed by atoms with E-state index in [-0.39, 0.29) is 31.1 Å². The van der Waals surface area contributed by atoms with Crippen LogP contribution in [0.5, 0.6) is 0 Å². The highest BCUT2D eigenvalue weighted by Crippen LogP contribution is 2.21. The molecule has 1 N–H and O–H groups in total. The Morgan fingerprint density at radius 2 is 1.73 bits per heavy atom. The Labute approximate surface area is 194 Å². The van der Waals surface area contributed by atoms with E-state index in [9.17, 15) is 19.2 Å². The molecule has 0 aliphatic heterocycles. The van der Waals surface area contributed by atoms with Gasteiger partial charge >= 0.3 is 6.09 Å². The van der Waals surface area contributed by atoms with Crippen molar-refractivity contribution in [3.05, 3.63) is 71.3 Å². The number of hydrogen-bond acceptors (Lipinski definition) is 5. The summed E-state index contributed by atoms with van der Waals surface area (Å²) in [6.45, 7) is 3.74. The summed E-state index contributed by atoms with van der Waals surface area (Å²) < 4.78 is 5.26. The summed E-state index contributed by atoms with van der Waals surface area (Å²) >= 11 is 0. The molecule has 6 nitrogen and oxygen atoms in total. The molecule has 6 heteroatoms. The lowest BCUT2D eigenvalue weighted by atomic mass is 9.83. The van der Waals surface area contributed by atoms with Crippen LogP contribution in [0, 0.1) is 11.8 Å². The second-order valence-corrected chi connectivity index (χ2v) is 8.96. The molecule has 0 heterocycles. The zero-order chi connectivity index (χ0) is 23.8. The number of carbonyl (C=O) groups is 4. The van der Waals surface area contributed by atoms with Gasteiger partial charge in [-0.3, -0.25) is 14.4 Å². The number of alkyl carbamates (subject to hydrolysis) is 1. The number of fused-ring (bicyclic) bond motifs is 2. The zero-order valence-electron chi connectivity index (χ0n) is 19.2. The van der Waals surface area contributed by atoms with Gasteiger partial charge in [0.25, 0.3) is 0 Å². The van der Waals surface area contributed by atoms with Crippen LogP contribution < -0.4 is 5.32 Å². The van der Waals surface area contributed by atoms with Gasteiger partial charge in [0.2, 0.25) is 5.78 Å². The van der Waals surface area contributed by atoms with Crippen LogP contribution in [-0.2, 0) is 38.6 Å². The Kier molecular flexibility index (Phi) is 8.52. The van der Waals surface area contributed by atoms with E-state index >= 15 is 0 Å². The van der Waals surface area contributed by atoms with Crippen molar-refractivity contribution in [3.63, 3.8) is 0 Å².